The van der Waals surface area contributed by atoms with Crippen molar-refractivity contribution in [1.82, 2.24) is 5.32 Å². The van der Waals surface area contributed by atoms with Crippen molar-refractivity contribution in [3.8, 4) is 0 Å². The minimum Gasteiger partial charge on any atom is -0.379 e. The maximum Gasteiger partial charge on any atom is 0.138 e. The number of carbonyl (C=O) groups excluding carboxylic acids is 1. The molecule has 0 bridgehead atoms. The van der Waals surface area contributed by atoms with Crippen LogP contribution in [-0.2, 0) is 16.0 Å². The van der Waals surface area contributed by atoms with E-state index >= 15 is 0 Å². The summed E-state index contributed by atoms with van der Waals surface area (Å²) in [6.07, 6.45) is 1.10. The second-order valence-corrected chi connectivity index (χ2v) is 4.57. The van der Waals surface area contributed by atoms with Crippen LogP contribution < -0.4 is 5.32 Å². The average molecular weight is 233 g/mol. The number of benzene rings is 1. The van der Waals surface area contributed by atoms with Gasteiger partial charge in [0.15, 0.2) is 0 Å². The molecule has 0 saturated carbocycles. The first-order valence-corrected chi connectivity index (χ1v) is 6.13. The Kier molecular flexibility index (Phi) is 4.29. The van der Waals surface area contributed by atoms with E-state index in [0.29, 0.717) is 19.4 Å². The normalized spacial score (nSPS) is 20.2. The third-order valence-corrected chi connectivity index (χ3v) is 3.12. The van der Waals surface area contributed by atoms with Gasteiger partial charge in [0.1, 0.15) is 5.78 Å². The molecule has 1 atom stereocenters. The second-order valence-electron chi connectivity index (χ2n) is 4.57. The van der Waals surface area contributed by atoms with Gasteiger partial charge < -0.3 is 10.1 Å². The van der Waals surface area contributed by atoms with Crippen LogP contribution in [0.1, 0.15) is 17.5 Å². The summed E-state index contributed by atoms with van der Waals surface area (Å²) in [4.78, 5) is 11.9. The van der Waals surface area contributed by atoms with E-state index in [-0.39, 0.29) is 11.8 Å². The molecule has 0 aliphatic carbocycles. The summed E-state index contributed by atoms with van der Waals surface area (Å²) in [5, 5.41) is 3.30. The summed E-state index contributed by atoms with van der Waals surface area (Å²) >= 11 is 0. The van der Waals surface area contributed by atoms with Crippen LogP contribution in [-0.4, -0.2) is 31.6 Å². The predicted molar refractivity (Wildman–Crippen MR) is 67.1 cm³/mol. The minimum absolute atomic E-state index is 0.195. The molecule has 1 heterocycles. The lowest BCUT2D eigenvalue weighted by molar-refractivity contribution is -0.119. The number of morpholine rings is 1. The smallest absolute Gasteiger partial charge is 0.138 e. The molecule has 1 aromatic carbocycles. The molecule has 0 aromatic heterocycles. The number of hydrogen-bond donors (Lipinski definition) is 1. The Morgan fingerprint density at radius 2 is 2.29 bits per heavy atom. The van der Waals surface area contributed by atoms with Crippen LogP contribution in [0.25, 0.3) is 0 Å². The predicted octanol–water partition coefficient (Wildman–Crippen LogP) is 1.49. The molecule has 17 heavy (non-hydrogen) atoms. The van der Waals surface area contributed by atoms with Crippen molar-refractivity contribution in [2.45, 2.75) is 25.8 Å². The molecule has 0 spiro atoms. The quantitative estimate of drug-likeness (QED) is 0.856. The third-order valence-electron chi connectivity index (χ3n) is 3.12. The lowest BCUT2D eigenvalue weighted by Crippen LogP contribution is -2.42. The van der Waals surface area contributed by atoms with Crippen LogP contribution in [0.2, 0.25) is 0 Å². The van der Waals surface area contributed by atoms with E-state index in [9.17, 15) is 4.79 Å². The number of hydrogen-bond acceptors (Lipinski definition) is 3. The van der Waals surface area contributed by atoms with Crippen molar-refractivity contribution >= 4 is 5.78 Å². The molecule has 92 valence electrons. The summed E-state index contributed by atoms with van der Waals surface area (Å²) in [6, 6.07) is 8.25. The Morgan fingerprint density at radius 3 is 3.00 bits per heavy atom. The lowest BCUT2D eigenvalue weighted by Gasteiger charge is -2.23. The zero-order valence-corrected chi connectivity index (χ0v) is 10.2. The highest BCUT2D eigenvalue weighted by atomic mass is 16.5. The molecule has 1 aromatic rings. The fourth-order valence-electron chi connectivity index (χ4n) is 2.12. The third kappa shape index (κ3) is 3.65. The van der Waals surface area contributed by atoms with Gasteiger partial charge in [0.05, 0.1) is 13.2 Å². The van der Waals surface area contributed by atoms with E-state index in [1.807, 2.05) is 31.2 Å². The van der Waals surface area contributed by atoms with Gasteiger partial charge in [0, 0.05) is 25.4 Å². The van der Waals surface area contributed by atoms with Crippen molar-refractivity contribution in [2.24, 2.45) is 0 Å². The van der Waals surface area contributed by atoms with Crippen LogP contribution in [0.15, 0.2) is 24.3 Å². The molecule has 2 rings (SSSR count). The van der Waals surface area contributed by atoms with E-state index < -0.39 is 0 Å². The van der Waals surface area contributed by atoms with E-state index in [2.05, 4.69) is 5.32 Å². The summed E-state index contributed by atoms with van der Waals surface area (Å²) in [5.41, 5.74) is 2.32. The second kappa shape index (κ2) is 5.94. The number of ether oxygens (including phenoxy) is 1. The van der Waals surface area contributed by atoms with Crippen molar-refractivity contribution in [3.05, 3.63) is 35.4 Å². The highest BCUT2D eigenvalue weighted by molar-refractivity contribution is 5.81. The Morgan fingerprint density at radius 1 is 1.47 bits per heavy atom. The van der Waals surface area contributed by atoms with Gasteiger partial charge in [0.25, 0.3) is 0 Å². The highest BCUT2D eigenvalue weighted by Crippen LogP contribution is 2.10. The monoisotopic (exact) mass is 233 g/mol. The first-order chi connectivity index (χ1) is 8.25. The van der Waals surface area contributed by atoms with E-state index in [1.165, 1.54) is 5.56 Å². The number of aryl methyl sites for hydroxylation is 1. The Balaban J connectivity index is 1.86. The molecule has 3 heteroatoms. The van der Waals surface area contributed by atoms with Crippen molar-refractivity contribution < 1.29 is 9.53 Å². The average Bonchev–Trinajstić information content (AvgIpc) is 2.33. The molecule has 1 saturated heterocycles. The van der Waals surface area contributed by atoms with E-state index in [1.54, 1.807) is 0 Å². The Bertz CT molecular complexity index is 384. The van der Waals surface area contributed by atoms with Gasteiger partial charge in [-0.1, -0.05) is 24.3 Å². The minimum atomic E-state index is 0.195. The first-order valence-electron chi connectivity index (χ1n) is 6.13. The van der Waals surface area contributed by atoms with Gasteiger partial charge in [-0.15, -0.1) is 0 Å². The lowest BCUT2D eigenvalue weighted by atomic mass is 10.00. The molecule has 1 aliphatic heterocycles. The fourth-order valence-corrected chi connectivity index (χ4v) is 2.12. The van der Waals surface area contributed by atoms with Gasteiger partial charge in [-0.3, -0.25) is 4.79 Å². The number of Topliss-reactive ketones (excluding diaryl/α,β-unsaturated/α-hetero) is 1. The number of ketones is 1. The molecule has 1 aliphatic rings. The van der Waals surface area contributed by atoms with Gasteiger partial charge >= 0.3 is 0 Å². The Labute approximate surface area is 102 Å². The number of rotatable bonds is 4. The fraction of sp³-hybridized carbons (Fsp3) is 0.500. The Hall–Kier alpha value is -1.19. The molecule has 1 fully saturated rings. The maximum absolute atomic E-state index is 11.9. The molecular weight excluding hydrogens is 214 g/mol. The van der Waals surface area contributed by atoms with Crippen molar-refractivity contribution in [2.75, 3.05) is 19.8 Å². The maximum atomic E-state index is 11.9. The van der Waals surface area contributed by atoms with E-state index in [4.69, 9.17) is 4.74 Å². The van der Waals surface area contributed by atoms with Crippen LogP contribution in [0.4, 0.5) is 0 Å². The van der Waals surface area contributed by atoms with Crippen LogP contribution >= 0.6 is 0 Å². The number of carbonyl (C=O) groups is 1. The molecule has 0 radical (unpaired) electrons. The number of nitrogens with one attached hydrogen (secondary N) is 1. The van der Waals surface area contributed by atoms with Gasteiger partial charge in [-0.2, -0.15) is 0 Å². The van der Waals surface area contributed by atoms with Crippen LogP contribution in [0.3, 0.4) is 0 Å². The van der Waals surface area contributed by atoms with Crippen molar-refractivity contribution in [3.63, 3.8) is 0 Å². The summed E-state index contributed by atoms with van der Waals surface area (Å²) in [5.74, 6) is 0.280. The standard InChI is InChI=1S/C14H19NO2/c1-11-4-2-3-5-12(11)8-14(16)9-13-10-17-7-6-15-13/h2-5,13,15H,6-10H2,1H3. The largest absolute Gasteiger partial charge is 0.379 e. The van der Waals surface area contributed by atoms with Crippen molar-refractivity contribution in [1.29, 1.82) is 0 Å². The van der Waals surface area contributed by atoms with E-state index in [0.717, 1.165) is 18.7 Å². The molecule has 1 unspecified atom stereocenters. The zero-order chi connectivity index (χ0) is 12.1. The van der Waals surface area contributed by atoms with Gasteiger partial charge in [-0.05, 0) is 18.1 Å². The molecular formula is C14H19NO2. The van der Waals surface area contributed by atoms with Crippen LogP contribution in [0, 0.1) is 6.92 Å². The zero-order valence-electron chi connectivity index (χ0n) is 10.2. The highest BCUT2D eigenvalue weighted by Gasteiger charge is 2.17. The SMILES string of the molecule is Cc1ccccc1CC(=O)CC1COCCN1. The summed E-state index contributed by atoms with van der Waals surface area (Å²) in [7, 11) is 0. The van der Waals surface area contributed by atoms with Gasteiger partial charge in [-0.25, -0.2) is 0 Å². The van der Waals surface area contributed by atoms with Crippen LogP contribution in [0.5, 0.6) is 0 Å². The molecule has 0 amide bonds. The first kappa shape index (κ1) is 12.3. The molecule has 1 N–H and O–H groups in total. The topological polar surface area (TPSA) is 38.3 Å². The molecule has 3 nitrogen and oxygen atoms in total. The summed E-state index contributed by atoms with van der Waals surface area (Å²) < 4.78 is 5.34. The van der Waals surface area contributed by atoms with Gasteiger partial charge in [0.2, 0.25) is 0 Å². The summed E-state index contributed by atoms with van der Waals surface area (Å²) in [6.45, 7) is 4.30.